The van der Waals surface area contributed by atoms with Crippen LogP contribution >= 0.6 is 11.5 Å². The maximum absolute atomic E-state index is 12.4. The SMILES string of the molecule is CC[C@H](C(=O)N(C)Cc1snnc1C)n1cccn1. The third kappa shape index (κ3) is 2.98. The minimum absolute atomic E-state index is 0.0546. The van der Waals surface area contributed by atoms with Gasteiger partial charge in [-0.1, -0.05) is 11.4 Å². The summed E-state index contributed by atoms with van der Waals surface area (Å²) in [7, 11) is 1.80. The summed E-state index contributed by atoms with van der Waals surface area (Å²) >= 11 is 1.33. The Morgan fingerprint density at radius 1 is 1.58 bits per heavy atom. The van der Waals surface area contributed by atoms with Gasteiger partial charge in [-0.05, 0) is 30.9 Å². The number of hydrogen-bond donors (Lipinski definition) is 0. The Balaban J connectivity index is 2.08. The second-order valence-corrected chi connectivity index (χ2v) is 5.22. The van der Waals surface area contributed by atoms with Crippen molar-refractivity contribution in [3.8, 4) is 0 Å². The molecule has 0 aliphatic heterocycles. The zero-order chi connectivity index (χ0) is 13.8. The number of amides is 1. The van der Waals surface area contributed by atoms with Crippen LogP contribution in [0.1, 0.15) is 30.0 Å². The molecule has 19 heavy (non-hydrogen) atoms. The van der Waals surface area contributed by atoms with E-state index in [-0.39, 0.29) is 11.9 Å². The molecule has 1 amide bonds. The van der Waals surface area contributed by atoms with Crippen LogP contribution in [0.25, 0.3) is 0 Å². The molecule has 0 aliphatic rings. The number of rotatable bonds is 5. The third-order valence-corrected chi connectivity index (χ3v) is 3.83. The first-order valence-corrected chi connectivity index (χ1v) is 6.92. The van der Waals surface area contributed by atoms with E-state index in [0.717, 1.165) is 10.6 Å². The van der Waals surface area contributed by atoms with E-state index in [4.69, 9.17) is 0 Å². The molecule has 2 rings (SSSR count). The molecular weight excluding hydrogens is 262 g/mol. The molecule has 1 atom stereocenters. The Kier molecular flexibility index (Phi) is 4.26. The van der Waals surface area contributed by atoms with E-state index >= 15 is 0 Å². The van der Waals surface area contributed by atoms with Gasteiger partial charge in [0.25, 0.3) is 0 Å². The van der Waals surface area contributed by atoms with Gasteiger partial charge in [-0.25, -0.2) is 0 Å². The molecule has 0 N–H and O–H groups in total. The second kappa shape index (κ2) is 5.92. The van der Waals surface area contributed by atoms with Gasteiger partial charge in [0.15, 0.2) is 0 Å². The Morgan fingerprint density at radius 3 is 2.89 bits per heavy atom. The van der Waals surface area contributed by atoms with Gasteiger partial charge in [0.05, 0.1) is 17.1 Å². The average Bonchev–Trinajstić information content (AvgIpc) is 3.03. The Bertz CT molecular complexity index is 536. The van der Waals surface area contributed by atoms with Gasteiger partial charge in [-0.2, -0.15) is 5.10 Å². The second-order valence-electron chi connectivity index (χ2n) is 4.39. The molecule has 0 aliphatic carbocycles. The summed E-state index contributed by atoms with van der Waals surface area (Å²) in [5.41, 5.74) is 0.886. The van der Waals surface area contributed by atoms with Crippen molar-refractivity contribution in [1.29, 1.82) is 0 Å². The lowest BCUT2D eigenvalue weighted by molar-refractivity contribution is -0.134. The summed E-state index contributed by atoms with van der Waals surface area (Å²) in [6, 6.07) is 1.58. The lowest BCUT2D eigenvalue weighted by Crippen LogP contribution is -2.34. The largest absolute Gasteiger partial charge is 0.339 e. The summed E-state index contributed by atoms with van der Waals surface area (Å²) < 4.78 is 5.59. The van der Waals surface area contributed by atoms with Crippen molar-refractivity contribution in [2.45, 2.75) is 32.9 Å². The highest BCUT2D eigenvalue weighted by Gasteiger charge is 2.23. The van der Waals surface area contributed by atoms with E-state index in [9.17, 15) is 4.79 Å². The summed E-state index contributed by atoms with van der Waals surface area (Å²) in [5.74, 6) is 0.0546. The first-order chi connectivity index (χ1) is 9.13. The monoisotopic (exact) mass is 279 g/mol. The first kappa shape index (κ1) is 13.7. The van der Waals surface area contributed by atoms with E-state index in [2.05, 4.69) is 14.7 Å². The number of nitrogens with zero attached hydrogens (tertiary/aromatic N) is 5. The number of hydrogen-bond acceptors (Lipinski definition) is 5. The molecule has 0 saturated heterocycles. The molecule has 0 aromatic carbocycles. The molecule has 0 unspecified atom stereocenters. The smallest absolute Gasteiger partial charge is 0.247 e. The van der Waals surface area contributed by atoms with Crippen LogP contribution in [0.4, 0.5) is 0 Å². The summed E-state index contributed by atoms with van der Waals surface area (Å²) in [5, 5.41) is 8.11. The molecule has 6 nitrogen and oxygen atoms in total. The lowest BCUT2D eigenvalue weighted by Gasteiger charge is -2.22. The van der Waals surface area contributed by atoms with Crippen molar-refractivity contribution < 1.29 is 4.79 Å². The average molecular weight is 279 g/mol. The normalized spacial score (nSPS) is 12.4. The Hall–Kier alpha value is -1.76. The minimum Gasteiger partial charge on any atom is -0.339 e. The number of likely N-dealkylation sites (N-methyl/N-ethyl adjacent to an activating group) is 1. The zero-order valence-corrected chi connectivity index (χ0v) is 12.1. The quantitative estimate of drug-likeness (QED) is 0.835. The van der Waals surface area contributed by atoms with Crippen LogP contribution < -0.4 is 0 Å². The number of carbonyl (C=O) groups excluding carboxylic acids is 1. The van der Waals surface area contributed by atoms with E-state index in [1.54, 1.807) is 22.8 Å². The van der Waals surface area contributed by atoms with E-state index in [1.807, 2.05) is 26.1 Å². The van der Waals surface area contributed by atoms with Crippen LogP contribution in [0.5, 0.6) is 0 Å². The molecule has 7 heteroatoms. The van der Waals surface area contributed by atoms with Crippen molar-refractivity contribution in [2.24, 2.45) is 0 Å². The van der Waals surface area contributed by atoms with Gasteiger partial charge < -0.3 is 4.90 Å². The van der Waals surface area contributed by atoms with Crippen molar-refractivity contribution in [3.05, 3.63) is 29.0 Å². The van der Waals surface area contributed by atoms with Crippen molar-refractivity contribution >= 4 is 17.4 Å². The maximum Gasteiger partial charge on any atom is 0.247 e. The van der Waals surface area contributed by atoms with Gasteiger partial charge in [0.2, 0.25) is 5.91 Å². The molecular formula is C12H17N5OS. The molecule has 2 heterocycles. The van der Waals surface area contributed by atoms with E-state index < -0.39 is 0 Å². The van der Waals surface area contributed by atoms with Gasteiger partial charge in [-0.15, -0.1) is 5.10 Å². The number of carbonyl (C=O) groups is 1. The number of aromatic nitrogens is 4. The predicted molar refractivity (Wildman–Crippen MR) is 72.7 cm³/mol. The van der Waals surface area contributed by atoms with Crippen molar-refractivity contribution in [3.63, 3.8) is 0 Å². The molecule has 0 spiro atoms. The van der Waals surface area contributed by atoms with Crippen LogP contribution in [0, 0.1) is 6.92 Å². The Morgan fingerprint density at radius 2 is 2.37 bits per heavy atom. The van der Waals surface area contributed by atoms with Crippen molar-refractivity contribution in [1.82, 2.24) is 24.3 Å². The molecule has 0 saturated carbocycles. The fraction of sp³-hybridized carbons (Fsp3) is 0.500. The molecule has 2 aromatic heterocycles. The van der Waals surface area contributed by atoms with Gasteiger partial charge >= 0.3 is 0 Å². The third-order valence-electron chi connectivity index (χ3n) is 3.02. The molecule has 0 fully saturated rings. The van der Waals surface area contributed by atoms with Crippen molar-refractivity contribution in [2.75, 3.05) is 7.05 Å². The fourth-order valence-electron chi connectivity index (χ4n) is 1.88. The van der Waals surface area contributed by atoms with Crippen LogP contribution in [0.3, 0.4) is 0 Å². The van der Waals surface area contributed by atoms with Crippen LogP contribution in [-0.2, 0) is 11.3 Å². The molecule has 102 valence electrons. The highest BCUT2D eigenvalue weighted by molar-refractivity contribution is 7.05. The highest BCUT2D eigenvalue weighted by Crippen LogP contribution is 2.17. The van der Waals surface area contributed by atoms with Crippen LogP contribution in [0.15, 0.2) is 18.5 Å². The first-order valence-electron chi connectivity index (χ1n) is 6.15. The van der Waals surface area contributed by atoms with Gasteiger partial charge in [-0.3, -0.25) is 9.48 Å². The van der Waals surface area contributed by atoms with Crippen LogP contribution in [-0.4, -0.2) is 37.2 Å². The summed E-state index contributed by atoms with van der Waals surface area (Å²) in [4.78, 5) is 15.2. The summed E-state index contributed by atoms with van der Waals surface area (Å²) in [6.45, 7) is 4.43. The molecule has 0 bridgehead atoms. The van der Waals surface area contributed by atoms with Crippen LogP contribution in [0.2, 0.25) is 0 Å². The van der Waals surface area contributed by atoms with Gasteiger partial charge in [0.1, 0.15) is 6.04 Å². The topological polar surface area (TPSA) is 63.9 Å². The molecule has 0 radical (unpaired) electrons. The highest BCUT2D eigenvalue weighted by atomic mass is 32.1. The standard InChI is InChI=1S/C12H17N5OS/c1-4-10(17-7-5-6-13-17)12(18)16(3)8-11-9(2)14-15-19-11/h5-7,10H,4,8H2,1-3H3/t10-/m1/s1. The predicted octanol–water partition coefficient (Wildman–Crippen LogP) is 1.65. The number of aryl methyl sites for hydroxylation is 1. The fourth-order valence-corrected chi connectivity index (χ4v) is 2.57. The summed E-state index contributed by atoms with van der Waals surface area (Å²) in [6.07, 6.45) is 4.22. The van der Waals surface area contributed by atoms with Gasteiger partial charge in [0, 0.05) is 19.4 Å². The maximum atomic E-state index is 12.4. The van der Waals surface area contributed by atoms with E-state index in [0.29, 0.717) is 13.0 Å². The molecule has 2 aromatic rings. The zero-order valence-electron chi connectivity index (χ0n) is 11.3. The Labute approximate surface area is 116 Å². The van der Waals surface area contributed by atoms with E-state index in [1.165, 1.54) is 11.5 Å². The minimum atomic E-state index is -0.249. The lowest BCUT2D eigenvalue weighted by atomic mass is 10.2.